The minimum absolute atomic E-state index is 0.140. The summed E-state index contributed by atoms with van der Waals surface area (Å²) in [5.74, 6) is 0.636. The largest absolute Gasteiger partial charge is 0.495 e. The van der Waals surface area contributed by atoms with Crippen molar-refractivity contribution in [3.05, 3.63) is 21.7 Å². The van der Waals surface area contributed by atoms with E-state index in [2.05, 4.69) is 15.9 Å². The van der Waals surface area contributed by atoms with Gasteiger partial charge in [-0.05, 0) is 47.3 Å². The predicted molar refractivity (Wildman–Crippen MR) is 75.1 cm³/mol. The molecule has 19 heavy (non-hydrogen) atoms. The van der Waals surface area contributed by atoms with Crippen LogP contribution in [0.25, 0.3) is 0 Å². The number of aryl methyl sites for hydroxylation is 1. The molecule has 1 aliphatic rings. The van der Waals surface area contributed by atoms with Gasteiger partial charge in [-0.2, -0.15) is 0 Å². The number of carboxylic acid groups (broad SMARTS) is 1. The molecule has 1 saturated carbocycles. The summed E-state index contributed by atoms with van der Waals surface area (Å²) in [7, 11) is 3.20. The Hall–Kier alpha value is -1.23. The van der Waals surface area contributed by atoms with Gasteiger partial charge in [0.05, 0.1) is 20.6 Å². The number of carboxylic acids is 1. The lowest BCUT2D eigenvalue weighted by atomic mass is 9.90. The molecule has 0 bridgehead atoms. The van der Waals surface area contributed by atoms with Crippen molar-refractivity contribution in [3.8, 4) is 11.5 Å². The lowest BCUT2D eigenvalue weighted by molar-refractivity contribution is -0.137. The van der Waals surface area contributed by atoms with E-state index in [9.17, 15) is 4.79 Å². The second-order valence-electron chi connectivity index (χ2n) is 4.97. The van der Waals surface area contributed by atoms with Crippen molar-refractivity contribution in [2.75, 3.05) is 14.2 Å². The highest BCUT2D eigenvalue weighted by Crippen LogP contribution is 2.56. The molecule has 1 N–H and O–H groups in total. The second-order valence-corrected chi connectivity index (χ2v) is 5.77. The molecule has 0 radical (unpaired) electrons. The normalized spacial score (nSPS) is 16.0. The van der Waals surface area contributed by atoms with Gasteiger partial charge in [0.25, 0.3) is 0 Å². The first-order valence-corrected chi connectivity index (χ1v) is 6.88. The fourth-order valence-electron chi connectivity index (χ4n) is 2.57. The molecule has 2 rings (SSSR count). The molecule has 5 heteroatoms. The third-order valence-electron chi connectivity index (χ3n) is 3.69. The molecule has 0 amide bonds. The van der Waals surface area contributed by atoms with E-state index < -0.39 is 5.97 Å². The van der Waals surface area contributed by atoms with E-state index in [1.807, 2.05) is 13.0 Å². The summed E-state index contributed by atoms with van der Waals surface area (Å²) in [4.78, 5) is 11.0. The van der Waals surface area contributed by atoms with Crippen LogP contribution in [0.1, 0.15) is 30.4 Å². The monoisotopic (exact) mass is 328 g/mol. The van der Waals surface area contributed by atoms with Gasteiger partial charge in [0, 0.05) is 11.0 Å². The summed E-state index contributed by atoms with van der Waals surface area (Å²) in [6.07, 6.45) is 1.91. The minimum Gasteiger partial charge on any atom is -0.495 e. The van der Waals surface area contributed by atoms with E-state index in [0.717, 1.165) is 34.2 Å². The van der Waals surface area contributed by atoms with Crippen LogP contribution in [0.15, 0.2) is 10.5 Å². The van der Waals surface area contributed by atoms with Crippen molar-refractivity contribution >= 4 is 21.9 Å². The average Bonchev–Trinajstić information content (AvgIpc) is 3.09. The lowest BCUT2D eigenvalue weighted by Gasteiger charge is -2.21. The molecule has 0 aromatic heterocycles. The van der Waals surface area contributed by atoms with E-state index in [4.69, 9.17) is 14.6 Å². The molecule has 1 aromatic rings. The summed E-state index contributed by atoms with van der Waals surface area (Å²) in [6, 6.07) is 1.98. The van der Waals surface area contributed by atoms with Crippen LogP contribution in [-0.4, -0.2) is 25.3 Å². The number of hydrogen-bond acceptors (Lipinski definition) is 3. The van der Waals surface area contributed by atoms with Gasteiger partial charge in [0.2, 0.25) is 0 Å². The molecule has 104 valence electrons. The van der Waals surface area contributed by atoms with Crippen LogP contribution in [0.2, 0.25) is 0 Å². The minimum atomic E-state index is -0.774. The third-order valence-corrected chi connectivity index (χ3v) is 4.41. The van der Waals surface area contributed by atoms with Crippen molar-refractivity contribution in [2.45, 2.75) is 31.6 Å². The number of rotatable bonds is 5. The van der Waals surface area contributed by atoms with E-state index in [-0.39, 0.29) is 11.8 Å². The van der Waals surface area contributed by atoms with Crippen molar-refractivity contribution in [1.82, 2.24) is 0 Å². The second kappa shape index (κ2) is 5.04. The fraction of sp³-hybridized carbons (Fsp3) is 0.500. The molecule has 1 aromatic carbocycles. The number of benzene rings is 1. The number of ether oxygens (including phenoxy) is 2. The van der Waals surface area contributed by atoms with Crippen LogP contribution in [-0.2, 0) is 10.2 Å². The Labute approximate surface area is 120 Å². The van der Waals surface area contributed by atoms with E-state index >= 15 is 0 Å². The first kappa shape index (κ1) is 14.2. The molecule has 0 aliphatic heterocycles. The summed E-state index contributed by atoms with van der Waals surface area (Å²) >= 11 is 3.49. The number of hydrogen-bond donors (Lipinski definition) is 1. The number of methoxy groups -OCH3 is 2. The van der Waals surface area contributed by atoms with Crippen LogP contribution >= 0.6 is 15.9 Å². The first-order chi connectivity index (χ1) is 8.95. The van der Waals surface area contributed by atoms with Crippen LogP contribution in [0.4, 0.5) is 0 Å². The van der Waals surface area contributed by atoms with E-state index in [1.165, 1.54) is 0 Å². The summed E-state index contributed by atoms with van der Waals surface area (Å²) in [5, 5.41) is 9.08. The van der Waals surface area contributed by atoms with Gasteiger partial charge in [0.15, 0.2) is 0 Å². The molecular weight excluding hydrogens is 312 g/mol. The number of aliphatic carboxylic acids is 1. The maximum atomic E-state index is 11.0. The van der Waals surface area contributed by atoms with E-state index in [0.29, 0.717) is 5.75 Å². The Kier molecular flexibility index (Phi) is 3.76. The quantitative estimate of drug-likeness (QED) is 0.901. The molecule has 0 unspecified atom stereocenters. The number of halogens is 1. The molecule has 0 saturated heterocycles. The Morgan fingerprint density at radius 3 is 2.37 bits per heavy atom. The highest BCUT2D eigenvalue weighted by molar-refractivity contribution is 9.10. The highest BCUT2D eigenvalue weighted by Gasteiger charge is 2.48. The Morgan fingerprint density at radius 1 is 1.37 bits per heavy atom. The first-order valence-electron chi connectivity index (χ1n) is 6.08. The van der Waals surface area contributed by atoms with Gasteiger partial charge >= 0.3 is 5.97 Å². The summed E-state index contributed by atoms with van der Waals surface area (Å²) in [5.41, 5.74) is 1.65. The summed E-state index contributed by atoms with van der Waals surface area (Å²) in [6.45, 7) is 1.95. The molecule has 0 heterocycles. The van der Waals surface area contributed by atoms with Gasteiger partial charge in [-0.3, -0.25) is 4.79 Å². The molecule has 0 spiro atoms. The zero-order chi connectivity index (χ0) is 14.2. The van der Waals surface area contributed by atoms with Gasteiger partial charge in [-0.15, -0.1) is 0 Å². The van der Waals surface area contributed by atoms with Crippen molar-refractivity contribution in [1.29, 1.82) is 0 Å². The summed E-state index contributed by atoms with van der Waals surface area (Å²) < 4.78 is 11.6. The van der Waals surface area contributed by atoms with Crippen molar-refractivity contribution in [3.63, 3.8) is 0 Å². The van der Waals surface area contributed by atoms with Crippen molar-refractivity contribution in [2.24, 2.45) is 0 Å². The third kappa shape index (κ3) is 2.43. The van der Waals surface area contributed by atoms with Crippen LogP contribution in [0.5, 0.6) is 11.5 Å². The molecule has 1 aliphatic carbocycles. The molecule has 4 nitrogen and oxygen atoms in total. The van der Waals surface area contributed by atoms with Crippen LogP contribution in [0, 0.1) is 6.92 Å². The van der Waals surface area contributed by atoms with E-state index in [1.54, 1.807) is 14.2 Å². The Morgan fingerprint density at radius 2 is 1.95 bits per heavy atom. The fourth-order valence-corrected chi connectivity index (χ4v) is 3.42. The van der Waals surface area contributed by atoms with Crippen molar-refractivity contribution < 1.29 is 19.4 Å². The Bertz CT molecular complexity index is 521. The van der Waals surface area contributed by atoms with Gasteiger partial charge in [-0.1, -0.05) is 0 Å². The molecular formula is C14H17BrO4. The average molecular weight is 329 g/mol. The Balaban J connectivity index is 2.55. The maximum Gasteiger partial charge on any atom is 0.304 e. The smallest absolute Gasteiger partial charge is 0.304 e. The number of carbonyl (C=O) groups is 1. The highest BCUT2D eigenvalue weighted by atomic mass is 79.9. The molecule has 0 atom stereocenters. The van der Waals surface area contributed by atoms with Crippen LogP contribution in [0.3, 0.4) is 0 Å². The molecule has 1 fully saturated rings. The zero-order valence-corrected chi connectivity index (χ0v) is 12.8. The lowest BCUT2D eigenvalue weighted by Crippen LogP contribution is -2.15. The predicted octanol–water partition coefficient (Wildman–Crippen LogP) is 3.28. The van der Waals surface area contributed by atoms with Gasteiger partial charge in [-0.25, -0.2) is 0 Å². The van der Waals surface area contributed by atoms with Gasteiger partial charge in [0.1, 0.15) is 16.0 Å². The topological polar surface area (TPSA) is 55.8 Å². The SMILES string of the molecule is COc1c(C)cc(C2(CC(=O)O)CC2)c(OC)c1Br. The standard InChI is InChI=1S/C14H17BrO4/c1-8-6-9(14(4-5-14)7-10(16)17)13(19-3)11(15)12(8)18-2/h6H,4-5,7H2,1-3H3,(H,16,17). The zero-order valence-electron chi connectivity index (χ0n) is 11.2. The van der Waals surface area contributed by atoms with Crippen LogP contribution < -0.4 is 9.47 Å². The van der Waals surface area contributed by atoms with Gasteiger partial charge < -0.3 is 14.6 Å². The maximum absolute atomic E-state index is 11.0.